The monoisotopic (exact) mass is 286 g/mol. The van der Waals surface area contributed by atoms with Crippen molar-refractivity contribution in [3.8, 4) is 11.3 Å². The van der Waals surface area contributed by atoms with Crippen LogP contribution in [0.1, 0.15) is 31.3 Å². The van der Waals surface area contributed by atoms with Crippen LogP contribution in [-0.2, 0) is 4.74 Å². The first-order chi connectivity index (χ1) is 9.90. The van der Waals surface area contributed by atoms with Crippen LogP contribution >= 0.6 is 0 Å². The summed E-state index contributed by atoms with van der Waals surface area (Å²) in [5.74, 6) is 0. The van der Waals surface area contributed by atoms with E-state index < -0.39 is 11.7 Å². The van der Waals surface area contributed by atoms with Crippen LogP contribution in [0, 0.1) is 0 Å². The standard InChI is InChI=1S/C16H18N2O3/c1-16(2,3)21-15(20)17-18-13(11-19)9-10-14(18)12-7-5-4-6-8-12/h4-11H,1-3H3,(H,17,20). The van der Waals surface area contributed by atoms with E-state index in [0.29, 0.717) is 17.7 Å². The maximum absolute atomic E-state index is 11.9. The lowest BCUT2D eigenvalue weighted by Crippen LogP contribution is -2.32. The van der Waals surface area contributed by atoms with E-state index in [4.69, 9.17) is 4.74 Å². The fourth-order valence-electron chi connectivity index (χ4n) is 1.90. The molecule has 1 aromatic heterocycles. The van der Waals surface area contributed by atoms with Crippen molar-refractivity contribution in [3.63, 3.8) is 0 Å². The zero-order valence-electron chi connectivity index (χ0n) is 12.3. The summed E-state index contributed by atoms with van der Waals surface area (Å²) in [6, 6.07) is 12.9. The van der Waals surface area contributed by atoms with E-state index in [2.05, 4.69) is 5.43 Å². The third-order valence-corrected chi connectivity index (χ3v) is 2.70. The fourth-order valence-corrected chi connectivity index (χ4v) is 1.90. The average molecular weight is 286 g/mol. The number of nitrogens with zero attached hydrogens (tertiary/aromatic N) is 1. The molecule has 0 radical (unpaired) electrons. The second kappa shape index (κ2) is 5.83. The van der Waals surface area contributed by atoms with Crippen molar-refractivity contribution >= 4 is 12.4 Å². The molecule has 0 spiro atoms. The molecule has 5 nitrogen and oxygen atoms in total. The van der Waals surface area contributed by atoms with Gasteiger partial charge in [-0.2, -0.15) is 0 Å². The molecule has 1 amide bonds. The summed E-state index contributed by atoms with van der Waals surface area (Å²) >= 11 is 0. The van der Waals surface area contributed by atoms with Crippen LogP contribution in [-0.4, -0.2) is 22.7 Å². The van der Waals surface area contributed by atoms with E-state index in [1.54, 1.807) is 32.9 Å². The Hall–Kier alpha value is -2.56. The third kappa shape index (κ3) is 3.72. The van der Waals surface area contributed by atoms with Crippen LogP contribution in [0.5, 0.6) is 0 Å². The average Bonchev–Trinajstić information content (AvgIpc) is 2.80. The Kier molecular flexibility index (Phi) is 4.12. The zero-order valence-corrected chi connectivity index (χ0v) is 12.3. The first-order valence-corrected chi connectivity index (χ1v) is 6.63. The molecule has 0 aliphatic heterocycles. The van der Waals surface area contributed by atoms with Crippen LogP contribution in [0.4, 0.5) is 4.79 Å². The van der Waals surface area contributed by atoms with Crippen molar-refractivity contribution in [1.82, 2.24) is 4.68 Å². The lowest BCUT2D eigenvalue weighted by molar-refractivity contribution is 0.0613. The summed E-state index contributed by atoms with van der Waals surface area (Å²) in [4.78, 5) is 23.0. The molecule has 0 unspecified atom stereocenters. The molecule has 5 heteroatoms. The molecule has 2 rings (SSSR count). The van der Waals surface area contributed by atoms with Gasteiger partial charge in [0.1, 0.15) is 11.3 Å². The van der Waals surface area contributed by atoms with Crippen LogP contribution in [0.15, 0.2) is 42.5 Å². The maximum Gasteiger partial charge on any atom is 0.426 e. The van der Waals surface area contributed by atoms with E-state index in [9.17, 15) is 9.59 Å². The minimum absolute atomic E-state index is 0.347. The minimum atomic E-state index is -0.612. The molecule has 0 aliphatic carbocycles. The summed E-state index contributed by atoms with van der Waals surface area (Å²) in [7, 11) is 0. The second-order valence-corrected chi connectivity index (χ2v) is 5.58. The maximum atomic E-state index is 11.9. The Morgan fingerprint density at radius 1 is 1.14 bits per heavy atom. The molecule has 0 saturated carbocycles. The molecule has 0 fully saturated rings. The predicted octanol–water partition coefficient (Wildman–Crippen LogP) is 3.45. The van der Waals surface area contributed by atoms with Crippen molar-refractivity contribution in [2.24, 2.45) is 0 Å². The second-order valence-electron chi connectivity index (χ2n) is 5.58. The number of hydrogen-bond donors (Lipinski definition) is 1. The minimum Gasteiger partial charge on any atom is -0.443 e. The van der Waals surface area contributed by atoms with Gasteiger partial charge in [-0.05, 0) is 32.9 Å². The summed E-state index contributed by atoms with van der Waals surface area (Å²) in [6.07, 6.45) is 0.0723. The van der Waals surface area contributed by atoms with E-state index in [0.717, 1.165) is 5.56 Å². The molecule has 0 bridgehead atoms. The van der Waals surface area contributed by atoms with Crippen molar-refractivity contribution in [2.45, 2.75) is 26.4 Å². The van der Waals surface area contributed by atoms with Crippen LogP contribution in [0.25, 0.3) is 11.3 Å². The van der Waals surface area contributed by atoms with Crippen LogP contribution in [0.3, 0.4) is 0 Å². The molecule has 0 atom stereocenters. The number of ether oxygens (including phenoxy) is 1. The molecule has 1 heterocycles. The molecule has 0 aliphatic rings. The third-order valence-electron chi connectivity index (χ3n) is 2.70. The van der Waals surface area contributed by atoms with Gasteiger partial charge in [-0.15, -0.1) is 0 Å². The highest BCUT2D eigenvalue weighted by Gasteiger charge is 2.18. The van der Waals surface area contributed by atoms with Gasteiger partial charge in [0, 0.05) is 5.56 Å². The van der Waals surface area contributed by atoms with Gasteiger partial charge in [-0.1, -0.05) is 30.3 Å². The number of aromatic nitrogens is 1. The number of amides is 1. The van der Waals surface area contributed by atoms with Crippen LogP contribution in [0.2, 0.25) is 0 Å². The Balaban J connectivity index is 2.32. The molecular weight excluding hydrogens is 268 g/mol. The lowest BCUT2D eigenvalue weighted by Gasteiger charge is -2.21. The number of carbonyl (C=O) groups is 2. The van der Waals surface area contributed by atoms with E-state index in [1.165, 1.54) is 4.68 Å². The van der Waals surface area contributed by atoms with Gasteiger partial charge >= 0.3 is 6.09 Å². The number of hydrogen-bond acceptors (Lipinski definition) is 3. The van der Waals surface area contributed by atoms with E-state index in [1.807, 2.05) is 30.3 Å². The molecule has 2 aromatic rings. The topological polar surface area (TPSA) is 60.3 Å². The smallest absolute Gasteiger partial charge is 0.426 e. The molecule has 110 valence electrons. The highest BCUT2D eigenvalue weighted by Crippen LogP contribution is 2.21. The number of aldehydes is 1. The highest BCUT2D eigenvalue weighted by molar-refractivity contribution is 5.82. The normalized spacial score (nSPS) is 11.0. The predicted molar refractivity (Wildman–Crippen MR) is 80.9 cm³/mol. The Morgan fingerprint density at radius 3 is 2.38 bits per heavy atom. The number of benzene rings is 1. The first-order valence-electron chi connectivity index (χ1n) is 6.63. The quantitative estimate of drug-likeness (QED) is 0.879. The Morgan fingerprint density at radius 2 is 1.81 bits per heavy atom. The molecule has 1 aromatic carbocycles. The van der Waals surface area contributed by atoms with Gasteiger partial charge in [-0.25, -0.2) is 14.9 Å². The van der Waals surface area contributed by atoms with Crippen molar-refractivity contribution in [3.05, 3.63) is 48.2 Å². The molecular formula is C16H18N2O3. The van der Waals surface area contributed by atoms with Gasteiger partial charge in [0.05, 0.1) is 5.69 Å². The van der Waals surface area contributed by atoms with Crippen molar-refractivity contribution in [1.29, 1.82) is 0 Å². The summed E-state index contributed by atoms with van der Waals surface area (Å²) in [5.41, 5.74) is 3.93. The fraction of sp³-hybridized carbons (Fsp3) is 0.250. The SMILES string of the molecule is CC(C)(C)OC(=O)Nn1c(C=O)ccc1-c1ccccc1. The van der Waals surface area contributed by atoms with Crippen molar-refractivity contribution in [2.75, 3.05) is 5.43 Å². The van der Waals surface area contributed by atoms with Crippen LogP contribution < -0.4 is 5.43 Å². The van der Waals surface area contributed by atoms with Gasteiger partial charge < -0.3 is 4.74 Å². The van der Waals surface area contributed by atoms with Gasteiger partial charge in [0.2, 0.25) is 0 Å². The first kappa shape index (κ1) is 14.8. The Labute approximate surface area is 123 Å². The molecule has 1 N–H and O–H groups in total. The van der Waals surface area contributed by atoms with E-state index >= 15 is 0 Å². The van der Waals surface area contributed by atoms with E-state index in [-0.39, 0.29) is 0 Å². The van der Waals surface area contributed by atoms with Gasteiger partial charge in [-0.3, -0.25) is 4.79 Å². The largest absolute Gasteiger partial charge is 0.443 e. The summed E-state index contributed by atoms with van der Waals surface area (Å²) in [5, 5.41) is 0. The summed E-state index contributed by atoms with van der Waals surface area (Å²) in [6.45, 7) is 5.34. The molecule has 0 saturated heterocycles. The number of rotatable bonds is 3. The highest BCUT2D eigenvalue weighted by atomic mass is 16.6. The van der Waals surface area contributed by atoms with Crippen molar-refractivity contribution < 1.29 is 14.3 Å². The van der Waals surface area contributed by atoms with Gasteiger partial charge in [0.25, 0.3) is 0 Å². The summed E-state index contributed by atoms with van der Waals surface area (Å²) < 4.78 is 6.64. The lowest BCUT2D eigenvalue weighted by atomic mass is 10.2. The van der Waals surface area contributed by atoms with Gasteiger partial charge in [0.15, 0.2) is 6.29 Å². The Bertz CT molecular complexity index is 639. The number of carbonyl (C=O) groups excluding carboxylic acids is 2. The number of nitrogens with one attached hydrogen (secondary N) is 1. The molecule has 21 heavy (non-hydrogen) atoms. The zero-order chi connectivity index (χ0) is 15.5.